The number of rotatable bonds is 0. The van der Waals surface area contributed by atoms with E-state index >= 15 is 0 Å². The molecule has 0 spiro atoms. The van der Waals surface area contributed by atoms with E-state index in [0.29, 0.717) is 0 Å². The molecule has 0 N–H and O–H groups in total. The molecule has 26 valence electrons. The fourth-order valence-corrected chi connectivity index (χ4v) is 0. The molecular formula is HFeNaNiO. The Balaban J connectivity index is -0.00000000500. The molecule has 0 atom stereocenters. The van der Waals surface area contributed by atoms with Gasteiger partial charge in [-0.1, -0.05) is 0 Å². The van der Waals surface area contributed by atoms with Gasteiger partial charge in [0.15, 0.2) is 0 Å². The summed E-state index contributed by atoms with van der Waals surface area (Å²) in [5, 5.41) is 0. The first-order valence-electron chi connectivity index (χ1n) is 0.144. The number of hydrogen-bond donors (Lipinski definition) is 0. The fraction of sp³-hybridized carbons (Fsp3) is 0. The third-order valence-electron chi connectivity index (χ3n) is 0. The van der Waals surface area contributed by atoms with Gasteiger partial charge in [-0.05, 0) is 0 Å². The monoisotopic (exact) mass is 154 g/mol. The molecule has 0 aliphatic carbocycles. The van der Waals surface area contributed by atoms with Crippen LogP contribution in [0.2, 0.25) is 0 Å². The summed E-state index contributed by atoms with van der Waals surface area (Å²) < 4.78 is 8.00. The Morgan fingerprint density at radius 3 is 1.25 bits per heavy atom. The van der Waals surface area contributed by atoms with Crippen molar-refractivity contribution in [3.63, 3.8) is 0 Å². The Labute approximate surface area is 65.1 Å². The molecule has 0 saturated carbocycles. The molecule has 0 aromatic carbocycles. The SMILES string of the molecule is [NaH].[Ni].[O]=[Fe]. The van der Waals surface area contributed by atoms with Gasteiger partial charge in [0.1, 0.15) is 0 Å². The van der Waals surface area contributed by atoms with E-state index in [-0.39, 0.29) is 46.0 Å². The second-order valence-electron chi connectivity index (χ2n) is 0. The van der Waals surface area contributed by atoms with Crippen molar-refractivity contribution in [1.29, 1.82) is 0 Å². The van der Waals surface area contributed by atoms with Gasteiger partial charge in [-0.15, -0.1) is 0 Å². The van der Waals surface area contributed by atoms with Crippen molar-refractivity contribution in [3.05, 3.63) is 0 Å². The van der Waals surface area contributed by atoms with Gasteiger partial charge in [0.25, 0.3) is 0 Å². The normalized spacial score (nSPS) is 1.25. The minimum atomic E-state index is 0. The van der Waals surface area contributed by atoms with Crippen molar-refractivity contribution in [3.8, 4) is 0 Å². The van der Waals surface area contributed by atoms with E-state index in [1.165, 1.54) is 0 Å². The van der Waals surface area contributed by atoms with Crippen LogP contribution in [-0.2, 0) is 36.3 Å². The molecule has 4 heavy (non-hydrogen) atoms. The molecular weight excluding hydrogens is 154 g/mol. The topological polar surface area (TPSA) is 17.1 Å². The van der Waals surface area contributed by atoms with E-state index in [0.717, 1.165) is 0 Å². The second kappa shape index (κ2) is 21.3. The molecule has 1 nitrogen and oxygen atoms in total. The van der Waals surface area contributed by atoms with Crippen LogP contribution >= 0.6 is 0 Å². The number of hydrogen-bond acceptors (Lipinski definition) is 1. The molecule has 4 heteroatoms. The van der Waals surface area contributed by atoms with Gasteiger partial charge in [-0.3, -0.25) is 0 Å². The van der Waals surface area contributed by atoms with Gasteiger partial charge in [0.2, 0.25) is 0 Å². The van der Waals surface area contributed by atoms with Crippen LogP contribution in [0, 0.1) is 0 Å². The first-order chi connectivity index (χ1) is 1.00. The summed E-state index contributed by atoms with van der Waals surface area (Å²) in [6, 6.07) is 0. The van der Waals surface area contributed by atoms with Gasteiger partial charge in [0.05, 0.1) is 0 Å². The molecule has 0 saturated heterocycles. The minimum absolute atomic E-state index is 0. The van der Waals surface area contributed by atoms with E-state index in [4.69, 9.17) is 3.83 Å². The Kier molecular flexibility index (Phi) is 90.6. The zero-order valence-corrected chi connectivity index (χ0v) is 3.17. The van der Waals surface area contributed by atoms with Crippen LogP contribution < -0.4 is 0 Å². The van der Waals surface area contributed by atoms with Crippen LogP contribution in [0.15, 0.2) is 0 Å². The van der Waals surface area contributed by atoms with Crippen LogP contribution in [0.3, 0.4) is 0 Å². The Bertz CT molecular complexity index is 8.00. The molecule has 0 aliphatic rings. The molecule has 0 amide bonds. The van der Waals surface area contributed by atoms with E-state index in [1.54, 1.807) is 0 Å². The van der Waals surface area contributed by atoms with Crippen molar-refractivity contribution in [2.24, 2.45) is 0 Å². The van der Waals surface area contributed by atoms with Crippen molar-refractivity contribution < 1.29 is 36.3 Å². The summed E-state index contributed by atoms with van der Waals surface area (Å²) in [7, 11) is 0. The van der Waals surface area contributed by atoms with E-state index < -0.39 is 0 Å². The van der Waals surface area contributed by atoms with Crippen LogP contribution in [-0.4, -0.2) is 29.6 Å². The summed E-state index contributed by atoms with van der Waals surface area (Å²) in [4.78, 5) is 0. The summed E-state index contributed by atoms with van der Waals surface area (Å²) in [6.45, 7) is 0. The van der Waals surface area contributed by atoms with Crippen LogP contribution in [0.25, 0.3) is 0 Å². The predicted molar refractivity (Wildman–Crippen MR) is 7.84 cm³/mol. The Morgan fingerprint density at radius 2 is 1.25 bits per heavy atom. The average Bonchev–Trinajstić information content (AvgIpc) is 1.00. The summed E-state index contributed by atoms with van der Waals surface area (Å²) in [5.74, 6) is 0. The molecule has 0 radical (unpaired) electrons. The van der Waals surface area contributed by atoms with E-state index in [1.807, 2.05) is 15.9 Å². The van der Waals surface area contributed by atoms with Crippen molar-refractivity contribution in [2.75, 3.05) is 0 Å². The standard InChI is InChI=1S/Fe.Na.Ni.O.H. The third kappa shape index (κ3) is 9.18. The molecule has 0 unspecified atom stereocenters. The average molecular weight is 155 g/mol. The van der Waals surface area contributed by atoms with E-state index in [2.05, 4.69) is 0 Å². The molecule has 0 rings (SSSR count). The predicted octanol–water partition coefficient (Wildman–Crippen LogP) is -0.772. The maximum atomic E-state index is 8.00. The first-order valence-corrected chi connectivity index (χ1v) is 0.595. The van der Waals surface area contributed by atoms with Crippen LogP contribution in [0.1, 0.15) is 0 Å². The van der Waals surface area contributed by atoms with Crippen LogP contribution in [0.4, 0.5) is 0 Å². The molecule has 0 aliphatic heterocycles. The Hall–Kier alpha value is 1.81. The quantitative estimate of drug-likeness (QED) is 0.419. The third-order valence-corrected chi connectivity index (χ3v) is 0. The Morgan fingerprint density at radius 1 is 1.25 bits per heavy atom. The second-order valence-corrected chi connectivity index (χ2v) is 0. The van der Waals surface area contributed by atoms with Crippen molar-refractivity contribution in [1.82, 2.24) is 0 Å². The fourth-order valence-electron chi connectivity index (χ4n) is 0. The first kappa shape index (κ1) is 17.0. The van der Waals surface area contributed by atoms with Gasteiger partial charge in [0, 0.05) is 16.5 Å². The molecule has 0 aromatic heterocycles. The van der Waals surface area contributed by atoms with Gasteiger partial charge < -0.3 is 0 Å². The molecule has 0 bridgehead atoms. The van der Waals surface area contributed by atoms with E-state index in [9.17, 15) is 0 Å². The molecule has 0 aromatic rings. The summed E-state index contributed by atoms with van der Waals surface area (Å²) >= 11 is 2.00. The molecule has 0 fully saturated rings. The van der Waals surface area contributed by atoms with Crippen molar-refractivity contribution >= 4 is 29.6 Å². The molecule has 0 heterocycles. The summed E-state index contributed by atoms with van der Waals surface area (Å²) in [5.41, 5.74) is 0. The van der Waals surface area contributed by atoms with Crippen molar-refractivity contribution in [2.45, 2.75) is 0 Å². The van der Waals surface area contributed by atoms with Crippen LogP contribution in [0.5, 0.6) is 0 Å². The van der Waals surface area contributed by atoms with Gasteiger partial charge in [-0.2, -0.15) is 0 Å². The van der Waals surface area contributed by atoms with Gasteiger partial charge >= 0.3 is 49.3 Å². The summed E-state index contributed by atoms with van der Waals surface area (Å²) in [6.07, 6.45) is 0. The maximum absolute atomic E-state index is 8.00. The zero-order chi connectivity index (χ0) is 2.00. The zero-order valence-electron chi connectivity index (χ0n) is 1.08. The van der Waals surface area contributed by atoms with Gasteiger partial charge in [-0.25, -0.2) is 0 Å².